The van der Waals surface area contributed by atoms with Gasteiger partial charge in [-0.15, -0.1) is 0 Å². The van der Waals surface area contributed by atoms with E-state index < -0.39 is 0 Å². The van der Waals surface area contributed by atoms with E-state index >= 15 is 0 Å². The van der Waals surface area contributed by atoms with Crippen molar-refractivity contribution in [1.82, 2.24) is 15.3 Å². The molecular formula is C17H21N3O. The minimum Gasteiger partial charge on any atom is -0.437 e. The van der Waals surface area contributed by atoms with E-state index in [9.17, 15) is 0 Å². The van der Waals surface area contributed by atoms with Gasteiger partial charge in [0.1, 0.15) is 5.75 Å². The van der Waals surface area contributed by atoms with E-state index in [0.29, 0.717) is 11.9 Å². The van der Waals surface area contributed by atoms with Crippen LogP contribution in [0.5, 0.6) is 11.6 Å². The average Bonchev–Trinajstić information content (AvgIpc) is 3.32. The topological polar surface area (TPSA) is 47.0 Å². The van der Waals surface area contributed by atoms with Crippen LogP contribution in [0.1, 0.15) is 37.4 Å². The number of nitrogens with one attached hydrogen (secondary N) is 1. The molecule has 1 saturated carbocycles. The highest BCUT2D eigenvalue weighted by Gasteiger charge is 2.20. The van der Waals surface area contributed by atoms with Gasteiger partial charge in [0.15, 0.2) is 0 Å². The van der Waals surface area contributed by atoms with Gasteiger partial charge in [-0.1, -0.05) is 25.5 Å². The molecule has 0 aliphatic heterocycles. The fraction of sp³-hybridized carbons (Fsp3) is 0.412. The maximum atomic E-state index is 5.77. The second-order valence-electron chi connectivity index (χ2n) is 5.50. The van der Waals surface area contributed by atoms with E-state index in [-0.39, 0.29) is 0 Å². The molecule has 1 aliphatic carbocycles. The molecule has 2 aromatic rings. The number of benzene rings is 1. The van der Waals surface area contributed by atoms with Crippen molar-refractivity contribution in [1.29, 1.82) is 0 Å². The summed E-state index contributed by atoms with van der Waals surface area (Å²) in [5, 5.41) is 3.43. The van der Waals surface area contributed by atoms with Gasteiger partial charge in [0, 0.05) is 18.8 Å². The number of aryl methyl sites for hydroxylation is 1. The van der Waals surface area contributed by atoms with Crippen LogP contribution in [-0.4, -0.2) is 16.0 Å². The Morgan fingerprint density at radius 3 is 2.71 bits per heavy atom. The molecule has 4 nitrogen and oxygen atoms in total. The normalized spacial score (nSPS) is 14.1. The molecule has 3 rings (SSSR count). The summed E-state index contributed by atoms with van der Waals surface area (Å²) < 4.78 is 5.77. The summed E-state index contributed by atoms with van der Waals surface area (Å²) in [5.41, 5.74) is 2.25. The van der Waals surface area contributed by atoms with Crippen molar-refractivity contribution < 1.29 is 4.74 Å². The number of ether oxygens (including phenoxy) is 1. The molecule has 1 heterocycles. The van der Waals surface area contributed by atoms with E-state index in [1.54, 1.807) is 12.4 Å². The first-order valence-corrected chi connectivity index (χ1v) is 7.64. The van der Waals surface area contributed by atoms with Crippen molar-refractivity contribution in [2.45, 2.75) is 45.2 Å². The minimum absolute atomic E-state index is 0.549. The van der Waals surface area contributed by atoms with Gasteiger partial charge in [0.25, 0.3) is 0 Å². The number of rotatable bonds is 7. The van der Waals surface area contributed by atoms with Gasteiger partial charge in [0.05, 0.1) is 11.9 Å². The molecule has 0 amide bonds. The zero-order valence-electron chi connectivity index (χ0n) is 12.4. The summed E-state index contributed by atoms with van der Waals surface area (Å²) in [7, 11) is 0. The molecule has 0 radical (unpaired) electrons. The average molecular weight is 283 g/mol. The standard InChI is InChI=1S/C17H21N3O/c1-2-3-13-4-8-16(9-5-13)21-17-12-18-10-15(20-17)11-19-14-6-7-14/h4-5,8-10,12,14,19H,2-3,6-7,11H2,1H3. The highest BCUT2D eigenvalue weighted by atomic mass is 16.5. The molecule has 0 unspecified atom stereocenters. The van der Waals surface area contributed by atoms with E-state index in [4.69, 9.17) is 4.74 Å². The van der Waals surface area contributed by atoms with Crippen LogP contribution < -0.4 is 10.1 Å². The molecule has 1 aromatic carbocycles. The lowest BCUT2D eigenvalue weighted by molar-refractivity contribution is 0.456. The second kappa shape index (κ2) is 6.68. The van der Waals surface area contributed by atoms with Crippen LogP contribution in [0.3, 0.4) is 0 Å². The van der Waals surface area contributed by atoms with Crippen LogP contribution in [0.4, 0.5) is 0 Å². The minimum atomic E-state index is 0.549. The number of nitrogens with zero attached hydrogens (tertiary/aromatic N) is 2. The smallest absolute Gasteiger partial charge is 0.238 e. The summed E-state index contributed by atoms with van der Waals surface area (Å²) in [4.78, 5) is 8.68. The molecule has 0 spiro atoms. The summed E-state index contributed by atoms with van der Waals surface area (Å²) in [6, 6.07) is 8.85. The van der Waals surface area contributed by atoms with E-state index in [0.717, 1.165) is 30.8 Å². The van der Waals surface area contributed by atoms with Crippen LogP contribution >= 0.6 is 0 Å². The third kappa shape index (κ3) is 4.26. The molecule has 1 fully saturated rings. The lowest BCUT2D eigenvalue weighted by Crippen LogP contribution is -2.16. The Morgan fingerprint density at radius 1 is 1.19 bits per heavy atom. The van der Waals surface area contributed by atoms with Crippen molar-refractivity contribution in [3.05, 3.63) is 47.9 Å². The van der Waals surface area contributed by atoms with Crippen LogP contribution in [0.15, 0.2) is 36.7 Å². The lowest BCUT2D eigenvalue weighted by Gasteiger charge is -2.07. The Morgan fingerprint density at radius 2 is 2.00 bits per heavy atom. The van der Waals surface area contributed by atoms with Crippen molar-refractivity contribution in [2.24, 2.45) is 0 Å². The largest absolute Gasteiger partial charge is 0.437 e. The van der Waals surface area contributed by atoms with Gasteiger partial charge in [0.2, 0.25) is 5.88 Å². The first-order valence-electron chi connectivity index (χ1n) is 7.64. The van der Waals surface area contributed by atoms with E-state index in [1.165, 1.54) is 18.4 Å². The Bertz CT molecular complexity index is 579. The van der Waals surface area contributed by atoms with Gasteiger partial charge in [-0.25, -0.2) is 4.98 Å². The van der Waals surface area contributed by atoms with Gasteiger partial charge >= 0.3 is 0 Å². The van der Waals surface area contributed by atoms with Crippen molar-refractivity contribution >= 4 is 0 Å². The molecule has 1 aliphatic rings. The molecule has 1 N–H and O–H groups in total. The number of aromatic nitrogens is 2. The summed E-state index contributed by atoms with van der Waals surface area (Å²) >= 11 is 0. The van der Waals surface area contributed by atoms with Crippen LogP contribution in [0.2, 0.25) is 0 Å². The second-order valence-corrected chi connectivity index (χ2v) is 5.50. The first kappa shape index (κ1) is 14.0. The van der Waals surface area contributed by atoms with Crippen molar-refractivity contribution in [3.8, 4) is 11.6 Å². The first-order chi connectivity index (χ1) is 10.3. The van der Waals surface area contributed by atoms with Crippen molar-refractivity contribution in [3.63, 3.8) is 0 Å². The van der Waals surface area contributed by atoms with Crippen LogP contribution in [0, 0.1) is 0 Å². The Balaban J connectivity index is 1.61. The maximum absolute atomic E-state index is 5.77. The fourth-order valence-electron chi connectivity index (χ4n) is 2.19. The zero-order valence-corrected chi connectivity index (χ0v) is 12.4. The van der Waals surface area contributed by atoms with Crippen LogP contribution in [-0.2, 0) is 13.0 Å². The zero-order chi connectivity index (χ0) is 14.5. The third-order valence-corrected chi connectivity index (χ3v) is 3.50. The molecule has 0 bridgehead atoms. The highest BCUT2D eigenvalue weighted by molar-refractivity contribution is 5.30. The summed E-state index contributed by atoms with van der Waals surface area (Å²) in [5.74, 6) is 1.35. The Labute approximate surface area is 125 Å². The Hall–Kier alpha value is -1.94. The number of hydrogen-bond donors (Lipinski definition) is 1. The Kier molecular flexibility index (Phi) is 4.46. The van der Waals surface area contributed by atoms with Crippen molar-refractivity contribution in [2.75, 3.05) is 0 Å². The maximum Gasteiger partial charge on any atom is 0.238 e. The summed E-state index contributed by atoms with van der Waals surface area (Å²) in [6.07, 6.45) is 8.23. The van der Waals surface area contributed by atoms with Crippen LogP contribution in [0.25, 0.3) is 0 Å². The van der Waals surface area contributed by atoms with Gasteiger partial charge in [-0.05, 0) is 37.0 Å². The van der Waals surface area contributed by atoms with Gasteiger partial charge in [-0.2, -0.15) is 0 Å². The fourth-order valence-corrected chi connectivity index (χ4v) is 2.19. The third-order valence-electron chi connectivity index (χ3n) is 3.50. The summed E-state index contributed by atoms with van der Waals surface area (Å²) in [6.45, 7) is 2.94. The SMILES string of the molecule is CCCc1ccc(Oc2cncc(CNC3CC3)n2)cc1. The lowest BCUT2D eigenvalue weighted by atomic mass is 10.1. The van der Waals surface area contributed by atoms with E-state index in [1.807, 2.05) is 12.1 Å². The van der Waals surface area contributed by atoms with E-state index in [2.05, 4.69) is 34.3 Å². The quantitative estimate of drug-likeness (QED) is 0.845. The van der Waals surface area contributed by atoms with Gasteiger partial charge in [-0.3, -0.25) is 4.98 Å². The molecule has 110 valence electrons. The predicted molar refractivity (Wildman–Crippen MR) is 82.4 cm³/mol. The molecule has 21 heavy (non-hydrogen) atoms. The molecule has 0 saturated heterocycles. The molecular weight excluding hydrogens is 262 g/mol. The predicted octanol–water partition coefficient (Wildman–Crippen LogP) is 3.47. The van der Waals surface area contributed by atoms with Gasteiger partial charge < -0.3 is 10.1 Å². The number of hydrogen-bond acceptors (Lipinski definition) is 4. The highest BCUT2D eigenvalue weighted by Crippen LogP contribution is 2.21. The molecule has 4 heteroatoms. The molecule has 1 aromatic heterocycles. The molecule has 0 atom stereocenters. The monoisotopic (exact) mass is 283 g/mol.